The topological polar surface area (TPSA) is 84.9 Å². The molecule has 0 fully saturated rings. The van der Waals surface area contributed by atoms with Crippen molar-refractivity contribution in [3.05, 3.63) is 83.9 Å². The molecule has 8 heteroatoms. The summed E-state index contributed by atoms with van der Waals surface area (Å²) in [6.07, 6.45) is 0.971. The van der Waals surface area contributed by atoms with Crippen molar-refractivity contribution >= 4 is 21.6 Å². The number of aryl methyl sites for hydroxylation is 1. The number of ether oxygens (including phenoxy) is 2. The second-order valence-corrected chi connectivity index (χ2v) is 9.27. The van der Waals surface area contributed by atoms with Crippen molar-refractivity contribution in [3.8, 4) is 11.5 Å². The zero-order valence-corrected chi connectivity index (χ0v) is 19.8. The summed E-state index contributed by atoms with van der Waals surface area (Å²) in [7, 11) is -0.747. The lowest BCUT2D eigenvalue weighted by molar-refractivity contribution is 0.0947. The van der Waals surface area contributed by atoms with Crippen LogP contribution in [0.5, 0.6) is 11.5 Å². The third kappa shape index (κ3) is 6.04. The number of carbonyl (C=O) groups excluding carboxylic acids is 1. The normalized spacial score (nSPS) is 11.0. The number of benzene rings is 3. The number of rotatable bonds is 10. The van der Waals surface area contributed by atoms with Gasteiger partial charge in [0.05, 0.1) is 24.2 Å². The van der Waals surface area contributed by atoms with E-state index >= 15 is 0 Å². The summed E-state index contributed by atoms with van der Waals surface area (Å²) in [5.41, 5.74) is 2.11. The lowest BCUT2D eigenvalue weighted by Gasteiger charge is -2.20. The van der Waals surface area contributed by atoms with Gasteiger partial charge in [-0.3, -0.25) is 9.10 Å². The third-order valence-corrected chi connectivity index (χ3v) is 7.00. The highest BCUT2D eigenvalue weighted by Gasteiger charge is 2.21. The van der Waals surface area contributed by atoms with Crippen LogP contribution in [0.2, 0.25) is 0 Å². The Labute approximate surface area is 195 Å². The lowest BCUT2D eigenvalue weighted by Crippen LogP contribution is -2.28. The van der Waals surface area contributed by atoms with Crippen molar-refractivity contribution in [1.29, 1.82) is 0 Å². The molecule has 0 unspecified atom stereocenters. The van der Waals surface area contributed by atoms with E-state index in [4.69, 9.17) is 9.47 Å². The molecule has 3 rings (SSSR count). The number of nitrogens with zero attached hydrogens (tertiary/aromatic N) is 1. The largest absolute Gasteiger partial charge is 0.497 e. The first-order valence-electron chi connectivity index (χ1n) is 10.6. The van der Waals surface area contributed by atoms with Gasteiger partial charge in [0.1, 0.15) is 18.1 Å². The van der Waals surface area contributed by atoms with Gasteiger partial charge in [-0.05, 0) is 72.6 Å². The van der Waals surface area contributed by atoms with E-state index in [1.54, 1.807) is 36.4 Å². The number of sulfonamides is 1. The minimum absolute atomic E-state index is 0.150. The van der Waals surface area contributed by atoms with Crippen LogP contribution in [0.4, 0.5) is 5.69 Å². The summed E-state index contributed by atoms with van der Waals surface area (Å²) in [6, 6.07) is 20.4. The van der Waals surface area contributed by atoms with Gasteiger partial charge in [-0.25, -0.2) is 8.42 Å². The van der Waals surface area contributed by atoms with E-state index < -0.39 is 10.0 Å². The van der Waals surface area contributed by atoms with Crippen LogP contribution < -0.4 is 19.1 Å². The molecule has 0 bridgehead atoms. The first-order chi connectivity index (χ1) is 15.8. The molecule has 0 saturated carbocycles. The molecule has 0 atom stereocenters. The van der Waals surface area contributed by atoms with Gasteiger partial charge < -0.3 is 14.8 Å². The summed E-state index contributed by atoms with van der Waals surface area (Å²) in [5, 5.41) is 2.80. The maximum atomic E-state index is 12.9. The van der Waals surface area contributed by atoms with Gasteiger partial charge >= 0.3 is 0 Å². The Hall–Kier alpha value is -3.52. The fourth-order valence-electron chi connectivity index (χ4n) is 3.12. The van der Waals surface area contributed by atoms with E-state index in [9.17, 15) is 13.2 Å². The number of anilines is 1. The number of methoxy groups -OCH3 is 1. The zero-order valence-electron chi connectivity index (χ0n) is 18.9. The average Bonchev–Trinajstić information content (AvgIpc) is 2.86. The molecule has 0 spiro atoms. The van der Waals surface area contributed by atoms with Crippen LogP contribution in [0, 0.1) is 0 Å². The predicted molar refractivity (Wildman–Crippen MR) is 129 cm³/mol. The first-order valence-corrected chi connectivity index (χ1v) is 12.0. The van der Waals surface area contributed by atoms with Gasteiger partial charge in [0, 0.05) is 12.6 Å². The summed E-state index contributed by atoms with van der Waals surface area (Å²) in [6.45, 7) is 2.79. The van der Waals surface area contributed by atoms with Gasteiger partial charge in [-0.1, -0.05) is 19.1 Å². The van der Waals surface area contributed by atoms with Crippen molar-refractivity contribution in [3.63, 3.8) is 0 Å². The van der Waals surface area contributed by atoms with E-state index in [-0.39, 0.29) is 10.8 Å². The Bertz CT molecular complexity index is 1160. The Morgan fingerprint density at radius 1 is 0.909 bits per heavy atom. The minimum Gasteiger partial charge on any atom is -0.497 e. The maximum Gasteiger partial charge on any atom is 0.264 e. The molecule has 0 aliphatic carbocycles. The van der Waals surface area contributed by atoms with Crippen LogP contribution in [-0.4, -0.2) is 41.6 Å². The Kier molecular flexibility index (Phi) is 7.95. The van der Waals surface area contributed by atoms with Crippen LogP contribution in [0.1, 0.15) is 22.8 Å². The van der Waals surface area contributed by atoms with Crippen molar-refractivity contribution < 1.29 is 22.7 Å². The molecule has 33 heavy (non-hydrogen) atoms. The molecule has 3 aromatic rings. The zero-order chi connectivity index (χ0) is 23.8. The molecule has 1 amide bonds. The molecule has 0 aliphatic rings. The number of amides is 1. The summed E-state index contributed by atoms with van der Waals surface area (Å²) < 4.78 is 37.6. The van der Waals surface area contributed by atoms with Crippen molar-refractivity contribution in [2.45, 2.75) is 18.2 Å². The molecule has 174 valence electrons. The Morgan fingerprint density at radius 3 is 2.09 bits per heavy atom. The second-order valence-electron chi connectivity index (χ2n) is 7.30. The first kappa shape index (κ1) is 24.1. The highest BCUT2D eigenvalue weighted by molar-refractivity contribution is 7.92. The SMILES string of the molecule is CCc1ccc(OCCNC(=O)c2ccc(N(C)S(=O)(=O)c3ccc(OC)cc3)cc2)cc1. The second kappa shape index (κ2) is 10.9. The summed E-state index contributed by atoms with van der Waals surface area (Å²) in [5.74, 6) is 1.07. The van der Waals surface area contributed by atoms with Crippen molar-refractivity contribution in [1.82, 2.24) is 5.32 Å². The molecule has 7 nitrogen and oxygen atoms in total. The van der Waals surface area contributed by atoms with Crippen molar-refractivity contribution in [2.24, 2.45) is 0 Å². The van der Waals surface area contributed by atoms with Gasteiger partial charge in [0.15, 0.2) is 0 Å². The molecule has 1 N–H and O–H groups in total. The van der Waals surface area contributed by atoms with E-state index in [1.165, 1.54) is 36.2 Å². The Morgan fingerprint density at radius 2 is 1.52 bits per heavy atom. The highest BCUT2D eigenvalue weighted by atomic mass is 32.2. The van der Waals surface area contributed by atoms with E-state index in [2.05, 4.69) is 12.2 Å². The minimum atomic E-state index is -3.74. The molecular weight excluding hydrogens is 440 g/mol. The predicted octanol–water partition coefficient (Wildman–Crippen LogP) is 3.89. The highest BCUT2D eigenvalue weighted by Crippen LogP contribution is 2.24. The smallest absolute Gasteiger partial charge is 0.264 e. The molecule has 0 radical (unpaired) electrons. The van der Waals surface area contributed by atoms with Crippen LogP contribution in [0.15, 0.2) is 77.7 Å². The van der Waals surface area contributed by atoms with E-state index in [1.807, 2.05) is 24.3 Å². The molecule has 0 saturated heterocycles. The molecule has 3 aromatic carbocycles. The number of carbonyl (C=O) groups is 1. The molecule has 0 heterocycles. The summed E-state index contributed by atoms with van der Waals surface area (Å²) in [4.78, 5) is 12.5. The van der Waals surface area contributed by atoms with Gasteiger partial charge in [0.2, 0.25) is 0 Å². The molecule has 0 aromatic heterocycles. The summed E-state index contributed by atoms with van der Waals surface area (Å²) >= 11 is 0. The molecule has 0 aliphatic heterocycles. The quantitative estimate of drug-likeness (QED) is 0.456. The fraction of sp³-hybridized carbons (Fsp3) is 0.240. The van der Waals surface area contributed by atoms with Gasteiger partial charge in [-0.15, -0.1) is 0 Å². The fourth-order valence-corrected chi connectivity index (χ4v) is 4.32. The van der Waals surface area contributed by atoms with E-state index in [0.717, 1.165) is 12.2 Å². The Balaban J connectivity index is 1.55. The van der Waals surface area contributed by atoms with Crippen LogP contribution in [-0.2, 0) is 16.4 Å². The third-order valence-electron chi connectivity index (χ3n) is 5.20. The van der Waals surface area contributed by atoms with Crippen molar-refractivity contribution in [2.75, 3.05) is 31.6 Å². The maximum absolute atomic E-state index is 12.9. The molecular formula is C25H28N2O5S. The van der Waals surface area contributed by atoms with E-state index in [0.29, 0.717) is 30.2 Å². The number of nitrogens with one attached hydrogen (secondary N) is 1. The number of hydrogen-bond donors (Lipinski definition) is 1. The standard InChI is InChI=1S/C25H28N2O5S/c1-4-19-5-11-23(12-6-19)32-18-17-26-25(28)20-7-9-21(10-8-20)27(2)33(29,30)24-15-13-22(31-3)14-16-24/h5-16H,4,17-18H2,1-3H3,(H,26,28). The van der Waals surface area contributed by atoms with Crippen LogP contribution in [0.25, 0.3) is 0 Å². The number of hydrogen-bond acceptors (Lipinski definition) is 5. The van der Waals surface area contributed by atoms with Gasteiger partial charge in [0.25, 0.3) is 15.9 Å². The van der Waals surface area contributed by atoms with Crippen LogP contribution in [0.3, 0.4) is 0 Å². The lowest BCUT2D eigenvalue weighted by atomic mass is 10.2. The van der Waals surface area contributed by atoms with Crippen LogP contribution >= 0.6 is 0 Å². The monoisotopic (exact) mass is 468 g/mol. The average molecular weight is 469 g/mol. The van der Waals surface area contributed by atoms with Gasteiger partial charge in [-0.2, -0.15) is 0 Å².